The van der Waals surface area contributed by atoms with Crippen molar-refractivity contribution >= 4 is 22.7 Å². The number of benzene rings is 2. The molecule has 37 heavy (non-hydrogen) atoms. The Kier molecular flexibility index (Phi) is 5.33. The van der Waals surface area contributed by atoms with Gasteiger partial charge in [0, 0.05) is 17.2 Å². The van der Waals surface area contributed by atoms with E-state index in [0.717, 1.165) is 47.2 Å². The number of fused-ring (bicyclic) bond motifs is 3. The number of hydrogen-bond acceptors (Lipinski definition) is 4. The second kappa shape index (κ2) is 8.58. The molecule has 3 heterocycles. The number of carbonyl (C=O) groups excluding carboxylic acids is 1. The maximum atomic E-state index is 12.5. The summed E-state index contributed by atoms with van der Waals surface area (Å²) in [6.45, 7) is 4.01. The van der Waals surface area contributed by atoms with Crippen LogP contribution in [0.5, 0.6) is 0 Å². The molecule has 8 nitrogen and oxygen atoms in total. The molecule has 3 aromatic heterocycles. The lowest BCUT2D eigenvalue weighted by Gasteiger charge is -2.52. The van der Waals surface area contributed by atoms with E-state index < -0.39 is 0 Å². The summed E-state index contributed by atoms with van der Waals surface area (Å²) in [7, 11) is 0. The standard InChI is InChI=1S/C29H28N6O2/c1-18(2)35(27(30)36)29(15-6-16-29)21-11-9-20(10-12-21)26-22(19-7-4-3-5-8-19)17-24-23(31-26)13-14-25-32-33-28(37)34(24)25/h3-5,7-14,17-18H,6,15-16H2,1-2H3,(H2,30,36)(H,33,37). The molecule has 0 aliphatic heterocycles. The lowest BCUT2D eigenvalue weighted by molar-refractivity contribution is 0.0259. The van der Waals surface area contributed by atoms with E-state index in [2.05, 4.69) is 34.5 Å². The molecule has 0 spiro atoms. The summed E-state index contributed by atoms with van der Waals surface area (Å²) in [5, 5.41) is 6.62. The molecule has 2 amide bonds. The molecule has 0 atom stereocenters. The predicted octanol–water partition coefficient (Wildman–Crippen LogP) is 5.07. The summed E-state index contributed by atoms with van der Waals surface area (Å²) < 4.78 is 1.55. The molecule has 3 N–H and O–H groups in total. The van der Waals surface area contributed by atoms with Gasteiger partial charge in [0.2, 0.25) is 0 Å². The van der Waals surface area contributed by atoms with Gasteiger partial charge in [-0.25, -0.2) is 24.1 Å². The van der Waals surface area contributed by atoms with Crippen molar-refractivity contribution in [3.8, 4) is 22.4 Å². The highest BCUT2D eigenvalue weighted by molar-refractivity contribution is 5.91. The first-order valence-corrected chi connectivity index (χ1v) is 12.5. The summed E-state index contributed by atoms with van der Waals surface area (Å²) in [6.07, 6.45) is 2.85. The number of nitrogens with one attached hydrogen (secondary N) is 1. The lowest BCUT2D eigenvalue weighted by atomic mass is 9.70. The molecule has 6 rings (SSSR count). The average Bonchev–Trinajstić information content (AvgIpc) is 3.26. The average molecular weight is 493 g/mol. The Hall–Kier alpha value is -4.46. The van der Waals surface area contributed by atoms with E-state index in [9.17, 15) is 9.59 Å². The normalized spacial score (nSPS) is 14.7. The van der Waals surface area contributed by atoms with Gasteiger partial charge in [0.1, 0.15) is 0 Å². The van der Waals surface area contributed by atoms with Crippen molar-refractivity contribution in [2.45, 2.75) is 44.7 Å². The third kappa shape index (κ3) is 3.59. The maximum absolute atomic E-state index is 12.5. The molecule has 2 aromatic carbocycles. The molecular weight excluding hydrogens is 464 g/mol. The Bertz CT molecular complexity index is 1680. The van der Waals surface area contributed by atoms with E-state index in [4.69, 9.17) is 10.7 Å². The number of urea groups is 1. The summed E-state index contributed by atoms with van der Waals surface area (Å²) in [6, 6.07) is 23.6. The number of amides is 2. The summed E-state index contributed by atoms with van der Waals surface area (Å²) in [5.74, 6) is 0. The second-order valence-electron chi connectivity index (χ2n) is 9.98. The summed E-state index contributed by atoms with van der Waals surface area (Å²) >= 11 is 0. The van der Waals surface area contributed by atoms with Gasteiger partial charge in [-0.1, -0.05) is 54.6 Å². The van der Waals surface area contributed by atoms with Gasteiger partial charge in [0.05, 0.1) is 22.3 Å². The maximum Gasteiger partial charge on any atom is 0.348 e. The van der Waals surface area contributed by atoms with E-state index in [1.165, 1.54) is 0 Å². The minimum Gasteiger partial charge on any atom is -0.351 e. The number of carbonyl (C=O) groups is 1. The fourth-order valence-corrected chi connectivity index (χ4v) is 5.76. The van der Waals surface area contributed by atoms with Crippen molar-refractivity contribution in [2.24, 2.45) is 5.73 Å². The smallest absolute Gasteiger partial charge is 0.348 e. The Morgan fingerprint density at radius 2 is 1.76 bits per heavy atom. The van der Waals surface area contributed by atoms with E-state index in [-0.39, 0.29) is 23.3 Å². The van der Waals surface area contributed by atoms with Gasteiger partial charge < -0.3 is 10.6 Å². The first-order chi connectivity index (χ1) is 17.9. The van der Waals surface area contributed by atoms with Gasteiger partial charge in [-0.2, -0.15) is 5.10 Å². The van der Waals surface area contributed by atoms with Crippen LogP contribution in [0.4, 0.5) is 4.79 Å². The van der Waals surface area contributed by atoms with Crippen LogP contribution >= 0.6 is 0 Å². The van der Waals surface area contributed by atoms with Gasteiger partial charge >= 0.3 is 11.7 Å². The van der Waals surface area contributed by atoms with E-state index in [0.29, 0.717) is 16.7 Å². The Morgan fingerprint density at radius 1 is 1.03 bits per heavy atom. The van der Waals surface area contributed by atoms with Crippen molar-refractivity contribution in [2.75, 3.05) is 0 Å². The van der Waals surface area contributed by atoms with Crippen LogP contribution in [0.3, 0.4) is 0 Å². The van der Waals surface area contributed by atoms with Crippen molar-refractivity contribution in [1.29, 1.82) is 0 Å². The zero-order valence-electron chi connectivity index (χ0n) is 20.8. The van der Waals surface area contributed by atoms with Crippen LogP contribution in [0.25, 0.3) is 39.1 Å². The molecular formula is C29H28N6O2. The van der Waals surface area contributed by atoms with Crippen LogP contribution in [-0.4, -0.2) is 36.6 Å². The van der Waals surface area contributed by atoms with Gasteiger partial charge in [-0.3, -0.25) is 0 Å². The number of pyridine rings is 2. The Labute approximate surface area is 213 Å². The summed E-state index contributed by atoms with van der Waals surface area (Å²) in [5.41, 5.74) is 11.9. The number of nitrogens with zero attached hydrogens (tertiary/aromatic N) is 4. The minimum atomic E-state index is -0.387. The molecule has 5 aromatic rings. The molecule has 0 radical (unpaired) electrons. The highest BCUT2D eigenvalue weighted by atomic mass is 16.2. The fraction of sp³-hybridized carbons (Fsp3) is 0.241. The molecule has 0 saturated heterocycles. The third-order valence-corrected chi connectivity index (χ3v) is 7.54. The molecule has 186 valence electrons. The highest BCUT2D eigenvalue weighted by Gasteiger charge is 2.46. The Balaban J connectivity index is 1.52. The van der Waals surface area contributed by atoms with Crippen LogP contribution in [0.2, 0.25) is 0 Å². The molecule has 1 aliphatic carbocycles. The SMILES string of the molecule is CC(C)N(C(N)=O)C1(c2ccc(-c3nc4ccc5n[nH]c(=O)n5c4cc3-c3ccccc3)cc2)CCC1. The van der Waals surface area contributed by atoms with E-state index >= 15 is 0 Å². The number of H-pyrrole nitrogens is 1. The van der Waals surface area contributed by atoms with Crippen molar-refractivity contribution in [1.82, 2.24) is 24.5 Å². The lowest BCUT2D eigenvalue weighted by Crippen LogP contribution is -2.58. The monoisotopic (exact) mass is 492 g/mol. The van der Waals surface area contributed by atoms with Gasteiger partial charge in [0.25, 0.3) is 0 Å². The molecule has 0 bridgehead atoms. The molecule has 1 aliphatic rings. The van der Waals surface area contributed by atoms with Crippen LogP contribution in [0.15, 0.2) is 77.6 Å². The quantitative estimate of drug-likeness (QED) is 0.357. The van der Waals surface area contributed by atoms with Crippen LogP contribution in [0, 0.1) is 0 Å². The number of primary amides is 1. The number of aromatic nitrogens is 4. The van der Waals surface area contributed by atoms with E-state index in [1.807, 2.05) is 61.2 Å². The molecule has 1 saturated carbocycles. The molecule has 1 fully saturated rings. The van der Waals surface area contributed by atoms with Crippen molar-refractivity contribution in [3.05, 3.63) is 88.8 Å². The fourth-order valence-electron chi connectivity index (χ4n) is 5.76. The number of rotatable bonds is 5. The number of aromatic amines is 1. The first kappa shape index (κ1) is 23.0. The zero-order valence-corrected chi connectivity index (χ0v) is 20.8. The van der Waals surface area contributed by atoms with Crippen LogP contribution in [-0.2, 0) is 5.54 Å². The predicted molar refractivity (Wildman–Crippen MR) is 144 cm³/mol. The number of hydrogen-bond donors (Lipinski definition) is 2. The topological polar surface area (TPSA) is 109 Å². The van der Waals surface area contributed by atoms with Gasteiger partial charge in [-0.05, 0) is 62.4 Å². The molecule has 8 heteroatoms. The zero-order chi connectivity index (χ0) is 25.7. The van der Waals surface area contributed by atoms with Crippen molar-refractivity contribution < 1.29 is 4.79 Å². The molecule has 0 unspecified atom stereocenters. The summed E-state index contributed by atoms with van der Waals surface area (Å²) in [4.78, 5) is 31.7. The number of nitrogens with two attached hydrogens (primary N) is 1. The van der Waals surface area contributed by atoms with E-state index in [1.54, 1.807) is 10.5 Å². The Morgan fingerprint density at radius 3 is 2.38 bits per heavy atom. The van der Waals surface area contributed by atoms with Crippen LogP contribution < -0.4 is 11.4 Å². The second-order valence-corrected chi connectivity index (χ2v) is 9.98. The van der Waals surface area contributed by atoms with Gasteiger partial charge in [-0.15, -0.1) is 0 Å². The van der Waals surface area contributed by atoms with Gasteiger partial charge in [0.15, 0.2) is 5.65 Å². The first-order valence-electron chi connectivity index (χ1n) is 12.5. The van der Waals surface area contributed by atoms with Crippen LogP contribution in [0.1, 0.15) is 38.7 Å². The largest absolute Gasteiger partial charge is 0.351 e. The van der Waals surface area contributed by atoms with Crippen molar-refractivity contribution in [3.63, 3.8) is 0 Å². The minimum absolute atomic E-state index is 0.00692. The highest BCUT2D eigenvalue weighted by Crippen LogP contribution is 2.48. The third-order valence-electron chi connectivity index (χ3n) is 7.54.